The molecule has 2 N–H and O–H groups in total. The zero-order chi connectivity index (χ0) is 11.8. The summed E-state index contributed by atoms with van der Waals surface area (Å²) in [6, 6.07) is 6.24. The number of aromatic nitrogens is 1. The number of benzene rings is 1. The van der Waals surface area contributed by atoms with E-state index in [-0.39, 0.29) is 5.82 Å². The van der Waals surface area contributed by atoms with Gasteiger partial charge in [0, 0.05) is 0 Å². The minimum atomic E-state index is -0.257. The molecule has 1 aromatic carbocycles. The topological polar surface area (TPSA) is 52.0 Å². The van der Waals surface area contributed by atoms with Crippen molar-refractivity contribution >= 4 is 5.88 Å². The summed E-state index contributed by atoms with van der Waals surface area (Å²) in [7, 11) is 0. The van der Waals surface area contributed by atoms with Gasteiger partial charge in [0.1, 0.15) is 5.82 Å². The molecule has 17 heavy (non-hydrogen) atoms. The first-order valence-electron chi connectivity index (χ1n) is 5.74. The maximum Gasteiger partial charge on any atom is 0.230 e. The third-order valence-corrected chi connectivity index (χ3v) is 3.10. The van der Waals surface area contributed by atoms with Gasteiger partial charge in [-0.15, -0.1) is 0 Å². The van der Waals surface area contributed by atoms with Crippen LogP contribution in [-0.4, -0.2) is 5.16 Å². The molecule has 0 amide bonds. The van der Waals surface area contributed by atoms with Gasteiger partial charge in [-0.2, -0.15) is 0 Å². The third-order valence-electron chi connectivity index (χ3n) is 3.10. The Morgan fingerprint density at radius 2 is 2.00 bits per heavy atom. The van der Waals surface area contributed by atoms with Gasteiger partial charge in [-0.05, 0) is 42.9 Å². The number of halogens is 1. The van der Waals surface area contributed by atoms with Crippen LogP contribution < -0.4 is 5.73 Å². The molecule has 3 nitrogen and oxygen atoms in total. The fourth-order valence-corrected chi connectivity index (χ4v) is 2.00. The van der Waals surface area contributed by atoms with Crippen LogP contribution in [0.25, 0.3) is 11.1 Å². The van der Waals surface area contributed by atoms with Crippen LogP contribution >= 0.6 is 0 Å². The predicted molar refractivity (Wildman–Crippen MR) is 62.7 cm³/mol. The van der Waals surface area contributed by atoms with E-state index in [9.17, 15) is 4.39 Å². The van der Waals surface area contributed by atoms with E-state index in [2.05, 4.69) is 5.16 Å². The molecule has 4 heteroatoms. The molecular weight excluding hydrogens is 219 g/mol. The highest BCUT2D eigenvalue weighted by molar-refractivity contribution is 5.75. The van der Waals surface area contributed by atoms with E-state index < -0.39 is 0 Å². The average molecular weight is 232 g/mol. The number of rotatable bonds is 3. The molecule has 1 aliphatic rings. The molecule has 0 unspecified atom stereocenters. The summed E-state index contributed by atoms with van der Waals surface area (Å²) >= 11 is 0. The van der Waals surface area contributed by atoms with Gasteiger partial charge in [-0.3, -0.25) is 0 Å². The average Bonchev–Trinajstić information content (AvgIpc) is 3.05. The summed E-state index contributed by atoms with van der Waals surface area (Å²) in [6.07, 6.45) is 3.39. The van der Waals surface area contributed by atoms with Crippen LogP contribution in [0, 0.1) is 11.7 Å². The van der Waals surface area contributed by atoms with E-state index in [4.69, 9.17) is 10.3 Å². The van der Waals surface area contributed by atoms with Gasteiger partial charge < -0.3 is 10.3 Å². The van der Waals surface area contributed by atoms with Crippen LogP contribution in [0.3, 0.4) is 0 Å². The van der Waals surface area contributed by atoms with Crippen molar-refractivity contribution < 1.29 is 8.91 Å². The molecule has 1 aliphatic carbocycles. The predicted octanol–water partition coefficient (Wildman–Crippen LogP) is 3.02. The fraction of sp³-hybridized carbons (Fsp3) is 0.308. The van der Waals surface area contributed by atoms with E-state index in [0.29, 0.717) is 11.8 Å². The van der Waals surface area contributed by atoms with Crippen molar-refractivity contribution in [1.82, 2.24) is 5.16 Å². The molecule has 1 aromatic heterocycles. The molecule has 0 saturated heterocycles. The summed E-state index contributed by atoms with van der Waals surface area (Å²) < 4.78 is 17.9. The fourth-order valence-electron chi connectivity index (χ4n) is 2.00. The summed E-state index contributed by atoms with van der Waals surface area (Å²) in [5.74, 6) is 0.762. The molecule has 0 bridgehead atoms. The number of nitrogens with two attached hydrogens (primary N) is 1. The van der Waals surface area contributed by atoms with Crippen molar-refractivity contribution in [3.05, 3.63) is 35.8 Å². The van der Waals surface area contributed by atoms with Gasteiger partial charge in [0.05, 0.1) is 11.3 Å². The smallest absolute Gasteiger partial charge is 0.230 e. The van der Waals surface area contributed by atoms with Crippen molar-refractivity contribution in [2.24, 2.45) is 5.92 Å². The summed E-state index contributed by atoms with van der Waals surface area (Å²) in [5.41, 5.74) is 8.35. The monoisotopic (exact) mass is 232 g/mol. The van der Waals surface area contributed by atoms with Crippen molar-refractivity contribution in [2.75, 3.05) is 5.73 Å². The number of anilines is 1. The zero-order valence-corrected chi connectivity index (χ0v) is 9.32. The molecule has 0 atom stereocenters. The first kappa shape index (κ1) is 10.3. The Labute approximate surface area is 98.4 Å². The Balaban J connectivity index is 1.99. The molecule has 0 radical (unpaired) electrons. The highest BCUT2D eigenvalue weighted by Crippen LogP contribution is 2.37. The molecule has 88 valence electrons. The van der Waals surface area contributed by atoms with E-state index in [0.717, 1.165) is 23.2 Å². The minimum absolute atomic E-state index is 0.257. The van der Waals surface area contributed by atoms with Crippen LogP contribution in [0.5, 0.6) is 0 Å². The number of hydrogen-bond acceptors (Lipinski definition) is 3. The summed E-state index contributed by atoms with van der Waals surface area (Å²) in [6.45, 7) is 0. The van der Waals surface area contributed by atoms with Gasteiger partial charge in [0.25, 0.3) is 0 Å². The van der Waals surface area contributed by atoms with Gasteiger partial charge in [0.2, 0.25) is 5.88 Å². The molecule has 2 aromatic rings. The lowest BCUT2D eigenvalue weighted by Crippen LogP contribution is -1.92. The molecular formula is C13H13FN2O. The van der Waals surface area contributed by atoms with E-state index in [1.54, 1.807) is 12.1 Å². The van der Waals surface area contributed by atoms with Crippen molar-refractivity contribution in [3.63, 3.8) is 0 Å². The highest BCUT2D eigenvalue weighted by atomic mass is 19.1. The Kier molecular flexibility index (Phi) is 2.35. The molecule has 1 saturated carbocycles. The van der Waals surface area contributed by atoms with Crippen LogP contribution in [-0.2, 0) is 6.42 Å². The number of nitrogens with zero attached hydrogens (tertiary/aromatic N) is 1. The lowest BCUT2D eigenvalue weighted by Gasteiger charge is -2.01. The molecule has 0 spiro atoms. The third kappa shape index (κ3) is 2.02. The Morgan fingerprint density at radius 1 is 1.29 bits per heavy atom. The normalized spacial score (nSPS) is 15.1. The van der Waals surface area contributed by atoms with Crippen molar-refractivity contribution in [2.45, 2.75) is 19.3 Å². The van der Waals surface area contributed by atoms with Crippen LogP contribution in [0.2, 0.25) is 0 Å². The lowest BCUT2D eigenvalue weighted by atomic mass is 10.0. The number of hydrogen-bond donors (Lipinski definition) is 1. The van der Waals surface area contributed by atoms with Crippen molar-refractivity contribution in [1.29, 1.82) is 0 Å². The Morgan fingerprint density at radius 3 is 2.65 bits per heavy atom. The maximum atomic E-state index is 12.9. The molecule has 1 fully saturated rings. The standard InChI is InChI=1S/C13H13FN2O/c14-10-5-3-9(4-6-10)12-11(7-8-1-2-8)16-17-13(12)15/h3-6,8H,1-2,7,15H2. The second kappa shape index (κ2) is 3.87. The number of nitrogen functional groups attached to an aromatic ring is 1. The second-order valence-corrected chi connectivity index (χ2v) is 4.52. The van der Waals surface area contributed by atoms with Crippen LogP contribution in [0.15, 0.2) is 28.8 Å². The zero-order valence-electron chi connectivity index (χ0n) is 9.32. The van der Waals surface area contributed by atoms with E-state index in [1.165, 1.54) is 25.0 Å². The van der Waals surface area contributed by atoms with Gasteiger partial charge in [0.15, 0.2) is 0 Å². The first-order valence-corrected chi connectivity index (χ1v) is 5.74. The SMILES string of the molecule is Nc1onc(CC2CC2)c1-c1ccc(F)cc1. The molecule has 1 heterocycles. The lowest BCUT2D eigenvalue weighted by molar-refractivity contribution is 0.426. The van der Waals surface area contributed by atoms with Gasteiger partial charge >= 0.3 is 0 Å². The van der Waals surface area contributed by atoms with Crippen LogP contribution in [0.1, 0.15) is 18.5 Å². The largest absolute Gasteiger partial charge is 0.367 e. The molecule has 3 rings (SSSR count). The quantitative estimate of drug-likeness (QED) is 0.884. The second-order valence-electron chi connectivity index (χ2n) is 4.52. The van der Waals surface area contributed by atoms with E-state index in [1.807, 2.05) is 0 Å². The van der Waals surface area contributed by atoms with Gasteiger partial charge in [-0.1, -0.05) is 17.3 Å². The molecule has 0 aliphatic heterocycles. The van der Waals surface area contributed by atoms with Gasteiger partial charge in [-0.25, -0.2) is 4.39 Å². The van der Waals surface area contributed by atoms with Crippen LogP contribution in [0.4, 0.5) is 10.3 Å². The maximum absolute atomic E-state index is 12.9. The summed E-state index contributed by atoms with van der Waals surface area (Å²) in [4.78, 5) is 0. The first-order chi connectivity index (χ1) is 8.24. The minimum Gasteiger partial charge on any atom is -0.367 e. The van der Waals surface area contributed by atoms with E-state index >= 15 is 0 Å². The highest BCUT2D eigenvalue weighted by Gasteiger charge is 2.26. The van der Waals surface area contributed by atoms with Crippen molar-refractivity contribution in [3.8, 4) is 11.1 Å². The summed E-state index contributed by atoms with van der Waals surface area (Å²) in [5, 5.41) is 4.00. The Bertz CT molecular complexity index is 529. The Hall–Kier alpha value is -1.84.